The summed E-state index contributed by atoms with van der Waals surface area (Å²) in [4.78, 5) is 2.54. The summed E-state index contributed by atoms with van der Waals surface area (Å²) in [5.74, 6) is 0.712. The van der Waals surface area contributed by atoms with Gasteiger partial charge in [-0.3, -0.25) is 4.90 Å². The largest absolute Gasteiger partial charge is 0.396 e. The number of aliphatic hydroxyl groups excluding tert-OH is 1. The van der Waals surface area contributed by atoms with Crippen molar-refractivity contribution in [1.82, 2.24) is 4.90 Å². The Labute approximate surface area is 110 Å². The van der Waals surface area contributed by atoms with Crippen molar-refractivity contribution in [2.45, 2.75) is 38.6 Å². The molecule has 3 rings (SSSR count). The summed E-state index contributed by atoms with van der Waals surface area (Å²) in [5, 5.41) is 8.99. The zero-order chi connectivity index (χ0) is 12.4. The van der Waals surface area contributed by atoms with E-state index in [0.29, 0.717) is 12.5 Å². The molecular formula is C16H23NO. The molecule has 2 heteroatoms. The van der Waals surface area contributed by atoms with Crippen molar-refractivity contribution in [2.24, 2.45) is 5.92 Å². The van der Waals surface area contributed by atoms with Gasteiger partial charge in [-0.05, 0) is 61.3 Å². The van der Waals surface area contributed by atoms with E-state index < -0.39 is 0 Å². The third kappa shape index (κ3) is 2.60. The van der Waals surface area contributed by atoms with Gasteiger partial charge in [0, 0.05) is 19.7 Å². The van der Waals surface area contributed by atoms with Crippen LogP contribution in [0.5, 0.6) is 0 Å². The first-order chi connectivity index (χ1) is 8.85. The number of hydrogen-bond donors (Lipinski definition) is 1. The van der Waals surface area contributed by atoms with Gasteiger partial charge in [-0.15, -0.1) is 0 Å². The maximum Gasteiger partial charge on any atom is 0.0434 e. The van der Waals surface area contributed by atoms with Crippen LogP contribution in [0.1, 0.15) is 36.0 Å². The van der Waals surface area contributed by atoms with Crippen LogP contribution in [0.3, 0.4) is 0 Å². The number of aliphatic hydroxyl groups is 1. The second-order valence-corrected chi connectivity index (χ2v) is 5.86. The van der Waals surface area contributed by atoms with Crippen LogP contribution in [-0.4, -0.2) is 29.7 Å². The Kier molecular flexibility index (Phi) is 3.67. The second-order valence-electron chi connectivity index (χ2n) is 5.86. The molecule has 0 saturated carbocycles. The Balaban J connectivity index is 1.60. The predicted octanol–water partition coefficient (Wildman–Crippen LogP) is 2.38. The molecule has 1 aromatic carbocycles. The minimum absolute atomic E-state index is 0.345. The number of likely N-dealkylation sites (tertiary alicyclic amines) is 1. The molecule has 1 saturated heterocycles. The van der Waals surface area contributed by atoms with E-state index in [4.69, 9.17) is 5.11 Å². The highest BCUT2D eigenvalue weighted by molar-refractivity contribution is 5.35. The number of benzene rings is 1. The van der Waals surface area contributed by atoms with Crippen LogP contribution in [0, 0.1) is 5.92 Å². The fourth-order valence-corrected chi connectivity index (χ4v) is 3.46. The third-order valence-electron chi connectivity index (χ3n) is 4.48. The molecule has 2 nitrogen and oxygen atoms in total. The lowest BCUT2D eigenvalue weighted by atomic mass is 10.1. The van der Waals surface area contributed by atoms with E-state index in [0.717, 1.165) is 19.5 Å². The van der Waals surface area contributed by atoms with Gasteiger partial charge in [-0.1, -0.05) is 18.2 Å². The van der Waals surface area contributed by atoms with Gasteiger partial charge in [0.05, 0.1) is 0 Å². The summed E-state index contributed by atoms with van der Waals surface area (Å²) in [7, 11) is 0. The molecule has 1 aliphatic carbocycles. The minimum atomic E-state index is 0.345. The van der Waals surface area contributed by atoms with Crippen LogP contribution < -0.4 is 0 Å². The Hall–Kier alpha value is -0.860. The van der Waals surface area contributed by atoms with E-state index in [1.54, 1.807) is 11.1 Å². The topological polar surface area (TPSA) is 23.5 Å². The highest BCUT2D eigenvalue weighted by Crippen LogP contribution is 2.25. The van der Waals surface area contributed by atoms with Crippen LogP contribution in [0.4, 0.5) is 0 Å². The average molecular weight is 245 g/mol. The van der Waals surface area contributed by atoms with Crippen molar-refractivity contribution in [3.05, 3.63) is 34.9 Å². The van der Waals surface area contributed by atoms with Crippen molar-refractivity contribution < 1.29 is 5.11 Å². The van der Waals surface area contributed by atoms with Crippen molar-refractivity contribution in [3.8, 4) is 0 Å². The molecule has 1 N–H and O–H groups in total. The number of fused-ring (bicyclic) bond motifs is 1. The fraction of sp³-hybridized carbons (Fsp3) is 0.625. The standard InChI is InChI=1S/C16H23NO/c18-9-7-13-6-8-17(11-13)12-14-4-5-15-2-1-3-16(15)10-14/h4-5,10,13,18H,1-3,6-9,11-12H2. The van der Waals surface area contributed by atoms with Crippen molar-refractivity contribution in [2.75, 3.05) is 19.7 Å². The molecule has 18 heavy (non-hydrogen) atoms. The zero-order valence-electron chi connectivity index (χ0n) is 11.1. The van der Waals surface area contributed by atoms with Gasteiger partial charge in [0.15, 0.2) is 0 Å². The van der Waals surface area contributed by atoms with E-state index in [1.807, 2.05) is 0 Å². The van der Waals surface area contributed by atoms with Crippen molar-refractivity contribution in [1.29, 1.82) is 0 Å². The lowest BCUT2D eigenvalue weighted by Crippen LogP contribution is -2.20. The fourth-order valence-electron chi connectivity index (χ4n) is 3.46. The molecule has 0 amide bonds. The maximum absolute atomic E-state index is 8.99. The molecule has 1 heterocycles. The normalized spacial score (nSPS) is 23.5. The SMILES string of the molecule is OCCC1CCN(Cc2ccc3c(c2)CCC3)C1. The van der Waals surface area contributed by atoms with E-state index in [2.05, 4.69) is 23.1 Å². The van der Waals surface area contributed by atoms with Crippen LogP contribution in [0.2, 0.25) is 0 Å². The number of rotatable bonds is 4. The van der Waals surface area contributed by atoms with Gasteiger partial charge in [-0.25, -0.2) is 0 Å². The van der Waals surface area contributed by atoms with E-state index in [-0.39, 0.29) is 0 Å². The molecule has 0 spiro atoms. The zero-order valence-corrected chi connectivity index (χ0v) is 11.1. The Bertz CT molecular complexity index is 416. The van der Waals surface area contributed by atoms with Gasteiger partial charge in [-0.2, -0.15) is 0 Å². The number of hydrogen-bond acceptors (Lipinski definition) is 2. The summed E-state index contributed by atoms with van der Waals surface area (Å²) in [5.41, 5.74) is 4.62. The number of aryl methyl sites for hydroxylation is 2. The Morgan fingerprint density at radius 3 is 3.00 bits per heavy atom. The first-order valence-electron chi connectivity index (χ1n) is 7.29. The molecule has 1 unspecified atom stereocenters. The van der Waals surface area contributed by atoms with Crippen LogP contribution in [0.25, 0.3) is 0 Å². The van der Waals surface area contributed by atoms with Crippen LogP contribution >= 0.6 is 0 Å². The minimum Gasteiger partial charge on any atom is -0.396 e. The summed E-state index contributed by atoms with van der Waals surface area (Å²) >= 11 is 0. The monoisotopic (exact) mass is 245 g/mol. The lowest BCUT2D eigenvalue weighted by Gasteiger charge is -2.16. The molecule has 1 atom stereocenters. The van der Waals surface area contributed by atoms with E-state index in [1.165, 1.54) is 37.8 Å². The van der Waals surface area contributed by atoms with Crippen molar-refractivity contribution >= 4 is 0 Å². The Morgan fingerprint density at radius 2 is 2.11 bits per heavy atom. The molecule has 1 aliphatic heterocycles. The Morgan fingerprint density at radius 1 is 1.22 bits per heavy atom. The quantitative estimate of drug-likeness (QED) is 0.880. The smallest absolute Gasteiger partial charge is 0.0434 e. The van der Waals surface area contributed by atoms with Gasteiger partial charge in [0.25, 0.3) is 0 Å². The predicted molar refractivity (Wildman–Crippen MR) is 73.6 cm³/mol. The van der Waals surface area contributed by atoms with Gasteiger partial charge in [0.1, 0.15) is 0 Å². The van der Waals surface area contributed by atoms with Gasteiger partial charge >= 0.3 is 0 Å². The molecule has 1 fully saturated rings. The average Bonchev–Trinajstić information content (AvgIpc) is 2.98. The van der Waals surface area contributed by atoms with Crippen LogP contribution in [-0.2, 0) is 19.4 Å². The second kappa shape index (κ2) is 5.41. The highest BCUT2D eigenvalue weighted by atomic mass is 16.3. The molecule has 1 aromatic rings. The third-order valence-corrected chi connectivity index (χ3v) is 4.48. The van der Waals surface area contributed by atoms with Gasteiger partial charge < -0.3 is 5.11 Å². The summed E-state index contributed by atoms with van der Waals surface area (Å²) in [6, 6.07) is 7.06. The van der Waals surface area contributed by atoms with Crippen LogP contribution in [0.15, 0.2) is 18.2 Å². The van der Waals surface area contributed by atoms with Gasteiger partial charge in [0.2, 0.25) is 0 Å². The molecule has 2 aliphatic rings. The molecule has 0 aromatic heterocycles. The summed E-state index contributed by atoms with van der Waals surface area (Å²) in [6.45, 7) is 3.80. The van der Waals surface area contributed by atoms with E-state index in [9.17, 15) is 0 Å². The van der Waals surface area contributed by atoms with Crippen molar-refractivity contribution in [3.63, 3.8) is 0 Å². The van der Waals surface area contributed by atoms with E-state index >= 15 is 0 Å². The molecule has 0 radical (unpaired) electrons. The first kappa shape index (κ1) is 12.2. The summed E-state index contributed by atoms with van der Waals surface area (Å²) < 4.78 is 0. The number of nitrogens with zero attached hydrogens (tertiary/aromatic N) is 1. The maximum atomic E-state index is 8.99. The lowest BCUT2D eigenvalue weighted by molar-refractivity contribution is 0.249. The highest BCUT2D eigenvalue weighted by Gasteiger charge is 2.22. The first-order valence-corrected chi connectivity index (χ1v) is 7.29. The molecular weight excluding hydrogens is 222 g/mol. The molecule has 98 valence electrons. The summed E-state index contributed by atoms with van der Waals surface area (Å²) in [6.07, 6.45) is 6.11. The molecule has 0 bridgehead atoms.